The molecule has 0 saturated heterocycles. The molecule has 142 valence electrons. The molecule has 2 aromatic carbocycles. The number of carbonyl (C=O) groups is 1. The van der Waals surface area contributed by atoms with Gasteiger partial charge in [0.05, 0.1) is 13.7 Å². The number of pyridine rings is 1. The molecule has 1 aromatic heterocycles. The number of carbonyl (C=O) groups excluding carboxylic acids is 1. The van der Waals surface area contributed by atoms with Crippen molar-refractivity contribution in [1.29, 1.82) is 0 Å². The number of benzene rings is 2. The molecule has 1 amide bonds. The van der Waals surface area contributed by atoms with E-state index < -0.39 is 0 Å². The summed E-state index contributed by atoms with van der Waals surface area (Å²) in [7, 11) is 1.62. The van der Waals surface area contributed by atoms with Gasteiger partial charge in [0.25, 0.3) is 5.91 Å². The zero-order valence-corrected chi connectivity index (χ0v) is 15.8. The quantitative estimate of drug-likeness (QED) is 0.526. The number of aliphatic imine (C=N–C) groups is 1. The van der Waals surface area contributed by atoms with Crippen molar-refractivity contribution in [3.05, 3.63) is 89.7 Å². The minimum atomic E-state index is -0.227. The van der Waals surface area contributed by atoms with E-state index in [4.69, 9.17) is 4.74 Å². The summed E-state index contributed by atoms with van der Waals surface area (Å²) >= 11 is 0. The van der Waals surface area contributed by atoms with Crippen LogP contribution >= 0.6 is 0 Å². The zero-order valence-electron chi connectivity index (χ0n) is 15.8. The van der Waals surface area contributed by atoms with E-state index in [0.717, 1.165) is 22.6 Å². The number of nitrogens with one attached hydrogen (secondary N) is 2. The largest absolute Gasteiger partial charge is 0.497 e. The van der Waals surface area contributed by atoms with E-state index >= 15 is 0 Å². The van der Waals surface area contributed by atoms with Crippen LogP contribution in [0.3, 0.4) is 0 Å². The van der Waals surface area contributed by atoms with Gasteiger partial charge >= 0.3 is 0 Å². The monoisotopic (exact) mass is 374 g/mol. The molecule has 2 N–H and O–H groups in total. The van der Waals surface area contributed by atoms with Gasteiger partial charge < -0.3 is 10.1 Å². The second-order valence-electron chi connectivity index (χ2n) is 6.20. The minimum absolute atomic E-state index is 0.227. The lowest BCUT2D eigenvalue weighted by Gasteiger charge is -2.12. The number of hydrogen-bond donors (Lipinski definition) is 2. The van der Waals surface area contributed by atoms with Crippen molar-refractivity contribution >= 4 is 17.6 Å². The normalized spacial score (nSPS) is 11.0. The first-order valence-corrected chi connectivity index (χ1v) is 8.86. The van der Waals surface area contributed by atoms with Gasteiger partial charge in [-0.05, 0) is 55.0 Å². The van der Waals surface area contributed by atoms with Crippen LogP contribution < -0.4 is 15.4 Å². The number of methoxy groups -OCH3 is 1. The van der Waals surface area contributed by atoms with Crippen LogP contribution in [0.25, 0.3) is 0 Å². The van der Waals surface area contributed by atoms with Crippen molar-refractivity contribution in [2.75, 3.05) is 12.4 Å². The number of anilines is 1. The summed E-state index contributed by atoms with van der Waals surface area (Å²) in [4.78, 5) is 21.3. The summed E-state index contributed by atoms with van der Waals surface area (Å²) in [6.45, 7) is 2.34. The van der Waals surface area contributed by atoms with E-state index in [1.54, 1.807) is 25.6 Å². The highest BCUT2D eigenvalue weighted by molar-refractivity contribution is 6.10. The molecule has 0 atom stereocenters. The number of ether oxygens (including phenoxy) is 1. The van der Waals surface area contributed by atoms with E-state index in [2.05, 4.69) is 20.6 Å². The topological polar surface area (TPSA) is 75.6 Å². The SMILES string of the molecule is COc1ccc(NC(=NCc2cccnc2)NC(=O)c2cccc(C)c2)cc1. The fourth-order valence-corrected chi connectivity index (χ4v) is 2.55. The molecule has 0 aliphatic carbocycles. The fourth-order valence-electron chi connectivity index (χ4n) is 2.55. The van der Waals surface area contributed by atoms with Crippen molar-refractivity contribution in [2.24, 2.45) is 4.99 Å². The molecule has 0 radical (unpaired) electrons. The number of aromatic nitrogens is 1. The summed E-state index contributed by atoms with van der Waals surface area (Å²) in [6, 6.07) is 18.6. The summed E-state index contributed by atoms with van der Waals surface area (Å²) in [5, 5.41) is 6.01. The first-order valence-electron chi connectivity index (χ1n) is 8.86. The van der Waals surface area contributed by atoms with E-state index in [9.17, 15) is 4.79 Å². The fraction of sp³-hybridized carbons (Fsp3) is 0.136. The molecular formula is C22H22N4O2. The third-order valence-corrected chi connectivity index (χ3v) is 4.01. The predicted octanol–water partition coefficient (Wildman–Crippen LogP) is 3.80. The Morgan fingerprint density at radius 2 is 1.93 bits per heavy atom. The van der Waals surface area contributed by atoms with Crippen molar-refractivity contribution in [1.82, 2.24) is 10.3 Å². The number of hydrogen-bond acceptors (Lipinski definition) is 4. The molecule has 0 spiro atoms. The maximum atomic E-state index is 12.6. The lowest BCUT2D eigenvalue weighted by atomic mass is 10.1. The van der Waals surface area contributed by atoms with Gasteiger partial charge in [-0.1, -0.05) is 23.8 Å². The Kier molecular flexibility index (Phi) is 6.36. The average Bonchev–Trinajstić information content (AvgIpc) is 2.73. The van der Waals surface area contributed by atoms with E-state index in [1.807, 2.05) is 61.5 Å². The predicted molar refractivity (Wildman–Crippen MR) is 111 cm³/mol. The van der Waals surface area contributed by atoms with Crippen LogP contribution in [0.1, 0.15) is 21.5 Å². The lowest BCUT2D eigenvalue weighted by molar-refractivity contribution is 0.0977. The average molecular weight is 374 g/mol. The summed E-state index contributed by atoms with van der Waals surface area (Å²) in [5.74, 6) is 0.887. The second-order valence-corrected chi connectivity index (χ2v) is 6.20. The van der Waals surface area contributed by atoms with Crippen LogP contribution in [0.2, 0.25) is 0 Å². The van der Waals surface area contributed by atoms with Crippen LogP contribution in [-0.4, -0.2) is 24.0 Å². The van der Waals surface area contributed by atoms with Gasteiger partial charge in [0, 0.05) is 23.6 Å². The van der Waals surface area contributed by atoms with Gasteiger partial charge in [0.1, 0.15) is 5.75 Å². The number of nitrogens with zero attached hydrogens (tertiary/aromatic N) is 2. The Hall–Kier alpha value is -3.67. The third-order valence-electron chi connectivity index (χ3n) is 4.01. The van der Waals surface area contributed by atoms with Gasteiger partial charge in [-0.15, -0.1) is 0 Å². The summed E-state index contributed by atoms with van der Waals surface area (Å²) in [5.41, 5.74) is 3.33. The summed E-state index contributed by atoms with van der Waals surface area (Å²) in [6.07, 6.45) is 3.46. The smallest absolute Gasteiger partial charge is 0.257 e. The van der Waals surface area contributed by atoms with Crippen LogP contribution in [-0.2, 0) is 6.54 Å². The van der Waals surface area contributed by atoms with Crippen LogP contribution in [0.15, 0.2) is 78.0 Å². The van der Waals surface area contributed by atoms with Crippen molar-refractivity contribution < 1.29 is 9.53 Å². The zero-order chi connectivity index (χ0) is 19.8. The Morgan fingerprint density at radius 3 is 2.61 bits per heavy atom. The highest BCUT2D eigenvalue weighted by Crippen LogP contribution is 2.15. The molecule has 3 rings (SSSR count). The molecule has 0 saturated carbocycles. The minimum Gasteiger partial charge on any atom is -0.497 e. The Labute approximate surface area is 164 Å². The Morgan fingerprint density at radius 1 is 1.11 bits per heavy atom. The standard InChI is InChI=1S/C22H22N4O2/c1-16-5-3-7-18(13-16)21(27)26-22(24-15-17-6-4-12-23-14-17)25-19-8-10-20(28-2)11-9-19/h3-14H,15H2,1-2H3,(H2,24,25,26,27). The van der Waals surface area contributed by atoms with Crippen molar-refractivity contribution in [2.45, 2.75) is 13.5 Å². The Bertz CT molecular complexity index is 954. The number of rotatable bonds is 5. The van der Waals surface area contributed by atoms with Gasteiger partial charge in [0.15, 0.2) is 0 Å². The highest BCUT2D eigenvalue weighted by Gasteiger charge is 2.10. The first-order chi connectivity index (χ1) is 13.6. The van der Waals surface area contributed by atoms with Gasteiger partial charge in [-0.2, -0.15) is 0 Å². The molecule has 0 fully saturated rings. The maximum Gasteiger partial charge on any atom is 0.257 e. The molecule has 0 aliphatic rings. The van der Waals surface area contributed by atoms with Gasteiger partial charge in [-0.3, -0.25) is 15.1 Å². The maximum absolute atomic E-state index is 12.6. The van der Waals surface area contributed by atoms with Gasteiger partial charge in [0.2, 0.25) is 5.96 Å². The first kappa shape index (κ1) is 19.1. The summed E-state index contributed by atoms with van der Waals surface area (Å²) < 4.78 is 5.18. The van der Waals surface area contributed by atoms with Crippen molar-refractivity contribution in [3.8, 4) is 5.75 Å². The number of aryl methyl sites for hydroxylation is 1. The van der Waals surface area contributed by atoms with Crippen LogP contribution in [0, 0.1) is 6.92 Å². The number of guanidine groups is 1. The molecule has 0 unspecified atom stereocenters. The third kappa shape index (κ3) is 5.41. The van der Waals surface area contributed by atoms with Crippen molar-refractivity contribution in [3.63, 3.8) is 0 Å². The highest BCUT2D eigenvalue weighted by atomic mass is 16.5. The van der Waals surface area contributed by atoms with E-state index in [1.165, 1.54) is 0 Å². The molecule has 0 aliphatic heterocycles. The van der Waals surface area contributed by atoms with E-state index in [0.29, 0.717) is 18.1 Å². The number of amides is 1. The Balaban J connectivity index is 1.79. The van der Waals surface area contributed by atoms with E-state index in [-0.39, 0.29) is 5.91 Å². The van der Waals surface area contributed by atoms with Crippen LogP contribution in [0.5, 0.6) is 5.75 Å². The molecule has 6 nitrogen and oxygen atoms in total. The lowest BCUT2D eigenvalue weighted by Crippen LogP contribution is -2.36. The van der Waals surface area contributed by atoms with Gasteiger partial charge in [-0.25, -0.2) is 4.99 Å². The molecule has 3 aromatic rings. The molecule has 28 heavy (non-hydrogen) atoms. The molecule has 6 heteroatoms. The molecular weight excluding hydrogens is 352 g/mol. The second kappa shape index (κ2) is 9.32. The van der Waals surface area contributed by atoms with Crippen LogP contribution in [0.4, 0.5) is 5.69 Å². The molecule has 0 bridgehead atoms. The molecule has 1 heterocycles.